The number of nitrogens with zero attached hydrogens (tertiary/aromatic N) is 1. The van der Waals surface area contributed by atoms with Gasteiger partial charge in [0.1, 0.15) is 0 Å². The van der Waals surface area contributed by atoms with Crippen molar-refractivity contribution in [1.82, 2.24) is 10.2 Å². The molecule has 1 aliphatic carbocycles. The van der Waals surface area contributed by atoms with E-state index in [0.717, 1.165) is 12.8 Å². The molecule has 17 heavy (non-hydrogen) atoms. The molecule has 0 aromatic rings. The molecule has 2 fully saturated rings. The Bertz CT molecular complexity index is 256. The third kappa shape index (κ3) is 3.82. The van der Waals surface area contributed by atoms with E-state index in [4.69, 9.17) is 4.74 Å². The van der Waals surface area contributed by atoms with E-state index in [1.807, 2.05) is 7.05 Å². The molecule has 100 valence electrons. The van der Waals surface area contributed by atoms with Crippen LogP contribution in [0.1, 0.15) is 12.8 Å². The summed E-state index contributed by atoms with van der Waals surface area (Å²) in [6, 6.07) is 0.319. The Hall–Kier alpha value is -0.330. The second-order valence-electron chi connectivity index (χ2n) is 4.97. The summed E-state index contributed by atoms with van der Waals surface area (Å²) >= 11 is 0. The van der Waals surface area contributed by atoms with E-state index in [0.29, 0.717) is 19.8 Å². The van der Waals surface area contributed by atoms with Crippen molar-refractivity contribution in [3.63, 3.8) is 0 Å². The second kappa shape index (κ2) is 5.12. The Morgan fingerprint density at radius 1 is 1.29 bits per heavy atom. The fourth-order valence-electron chi connectivity index (χ4n) is 2.41. The maximum Gasteiger partial charge on any atom is 0.401 e. The molecule has 3 nitrogen and oxygen atoms in total. The molecular weight excluding hydrogens is 233 g/mol. The van der Waals surface area contributed by atoms with Gasteiger partial charge in [0.05, 0.1) is 19.8 Å². The van der Waals surface area contributed by atoms with Crippen LogP contribution in [-0.2, 0) is 4.74 Å². The highest BCUT2D eigenvalue weighted by atomic mass is 19.4. The van der Waals surface area contributed by atoms with Crippen molar-refractivity contribution in [2.24, 2.45) is 5.92 Å². The van der Waals surface area contributed by atoms with Gasteiger partial charge in [-0.3, -0.25) is 4.90 Å². The molecule has 0 bridgehead atoms. The Labute approximate surface area is 99.3 Å². The maximum absolute atomic E-state index is 12.5. The molecule has 0 spiro atoms. The molecule has 2 unspecified atom stereocenters. The zero-order valence-electron chi connectivity index (χ0n) is 9.96. The van der Waals surface area contributed by atoms with Gasteiger partial charge in [-0.25, -0.2) is 0 Å². The van der Waals surface area contributed by atoms with Crippen LogP contribution < -0.4 is 5.32 Å². The van der Waals surface area contributed by atoms with Gasteiger partial charge in [-0.15, -0.1) is 0 Å². The minimum Gasteiger partial charge on any atom is -0.379 e. The van der Waals surface area contributed by atoms with E-state index in [1.54, 1.807) is 4.90 Å². The van der Waals surface area contributed by atoms with Gasteiger partial charge >= 0.3 is 6.18 Å². The summed E-state index contributed by atoms with van der Waals surface area (Å²) in [6.07, 6.45) is -2.31. The van der Waals surface area contributed by atoms with Gasteiger partial charge in [-0.2, -0.15) is 13.2 Å². The van der Waals surface area contributed by atoms with Gasteiger partial charge in [-0.05, 0) is 19.9 Å². The van der Waals surface area contributed by atoms with Gasteiger partial charge in [0.15, 0.2) is 0 Å². The number of hydrogen-bond donors (Lipinski definition) is 1. The summed E-state index contributed by atoms with van der Waals surface area (Å²) in [6.45, 7) is 0.860. The molecule has 6 heteroatoms. The van der Waals surface area contributed by atoms with Crippen LogP contribution in [0.4, 0.5) is 13.2 Å². The maximum atomic E-state index is 12.5. The van der Waals surface area contributed by atoms with Gasteiger partial charge in [-0.1, -0.05) is 0 Å². The SMILES string of the molecule is CNC1COCC1CN(CC(F)(F)F)C1CC1. The topological polar surface area (TPSA) is 24.5 Å². The minimum absolute atomic E-state index is 0.134. The highest BCUT2D eigenvalue weighted by molar-refractivity contribution is 4.90. The molecular formula is C11H19F3N2O. The number of halogens is 3. The Kier molecular flexibility index (Phi) is 3.95. The summed E-state index contributed by atoms with van der Waals surface area (Å²) < 4.78 is 42.7. The van der Waals surface area contributed by atoms with Crippen molar-refractivity contribution >= 4 is 0 Å². The minimum atomic E-state index is -4.10. The van der Waals surface area contributed by atoms with E-state index in [9.17, 15) is 13.2 Å². The second-order valence-corrected chi connectivity index (χ2v) is 4.97. The van der Waals surface area contributed by atoms with Crippen LogP contribution in [0.5, 0.6) is 0 Å². The fraction of sp³-hybridized carbons (Fsp3) is 1.00. The lowest BCUT2D eigenvalue weighted by molar-refractivity contribution is -0.148. The number of nitrogens with one attached hydrogen (secondary N) is 1. The molecule has 2 atom stereocenters. The van der Waals surface area contributed by atoms with E-state index in [2.05, 4.69) is 5.32 Å². The first-order valence-corrected chi connectivity index (χ1v) is 6.05. The van der Waals surface area contributed by atoms with Crippen molar-refractivity contribution in [2.75, 3.05) is 33.4 Å². The van der Waals surface area contributed by atoms with Crippen molar-refractivity contribution in [2.45, 2.75) is 31.1 Å². The largest absolute Gasteiger partial charge is 0.401 e. The lowest BCUT2D eigenvalue weighted by atomic mass is 10.0. The Balaban J connectivity index is 1.88. The summed E-state index contributed by atoms with van der Waals surface area (Å²) in [5.74, 6) is 0.169. The zero-order valence-corrected chi connectivity index (χ0v) is 9.96. The molecule has 0 amide bonds. The first-order valence-electron chi connectivity index (χ1n) is 6.05. The smallest absolute Gasteiger partial charge is 0.379 e. The molecule has 0 aromatic carbocycles. The first-order chi connectivity index (χ1) is 7.99. The van der Waals surface area contributed by atoms with E-state index in [1.165, 1.54) is 0 Å². The summed E-state index contributed by atoms with van der Waals surface area (Å²) in [5.41, 5.74) is 0. The molecule has 1 heterocycles. The van der Waals surface area contributed by atoms with Crippen LogP contribution in [0.15, 0.2) is 0 Å². The van der Waals surface area contributed by atoms with Gasteiger partial charge in [0.25, 0.3) is 0 Å². The molecule has 1 N–H and O–H groups in total. The molecule has 1 saturated heterocycles. The number of ether oxygens (including phenoxy) is 1. The van der Waals surface area contributed by atoms with Gasteiger partial charge in [0.2, 0.25) is 0 Å². The van der Waals surface area contributed by atoms with Crippen molar-refractivity contribution in [3.05, 3.63) is 0 Å². The van der Waals surface area contributed by atoms with E-state index >= 15 is 0 Å². The van der Waals surface area contributed by atoms with Crippen LogP contribution in [0, 0.1) is 5.92 Å². The average molecular weight is 252 g/mol. The van der Waals surface area contributed by atoms with Gasteiger partial charge < -0.3 is 10.1 Å². The number of hydrogen-bond acceptors (Lipinski definition) is 3. The zero-order chi connectivity index (χ0) is 12.5. The van der Waals surface area contributed by atoms with E-state index < -0.39 is 12.7 Å². The van der Waals surface area contributed by atoms with Crippen LogP contribution >= 0.6 is 0 Å². The Morgan fingerprint density at radius 2 is 2.00 bits per heavy atom. The lowest BCUT2D eigenvalue weighted by Crippen LogP contribution is -2.44. The quantitative estimate of drug-likeness (QED) is 0.797. The highest BCUT2D eigenvalue weighted by Gasteiger charge is 2.40. The third-order valence-corrected chi connectivity index (χ3v) is 3.48. The molecule has 2 aliphatic rings. The summed E-state index contributed by atoms with van der Waals surface area (Å²) in [7, 11) is 1.83. The average Bonchev–Trinajstić information content (AvgIpc) is 2.97. The molecule has 0 aromatic heterocycles. The number of alkyl halides is 3. The molecule has 0 radical (unpaired) electrons. The van der Waals surface area contributed by atoms with Crippen molar-refractivity contribution < 1.29 is 17.9 Å². The van der Waals surface area contributed by atoms with Crippen LogP contribution in [0.3, 0.4) is 0 Å². The Morgan fingerprint density at radius 3 is 2.53 bits per heavy atom. The highest BCUT2D eigenvalue weighted by Crippen LogP contribution is 2.31. The number of rotatable bonds is 5. The summed E-state index contributed by atoms with van der Waals surface area (Å²) in [5, 5.41) is 3.11. The van der Waals surface area contributed by atoms with Crippen molar-refractivity contribution in [3.8, 4) is 0 Å². The van der Waals surface area contributed by atoms with Gasteiger partial charge in [0, 0.05) is 24.5 Å². The van der Waals surface area contributed by atoms with Crippen LogP contribution in [0.25, 0.3) is 0 Å². The van der Waals surface area contributed by atoms with Crippen molar-refractivity contribution in [1.29, 1.82) is 0 Å². The third-order valence-electron chi connectivity index (χ3n) is 3.48. The molecule has 2 rings (SSSR count). The normalized spacial score (nSPS) is 30.2. The molecule has 1 saturated carbocycles. The lowest BCUT2D eigenvalue weighted by Gasteiger charge is -2.28. The fourth-order valence-corrected chi connectivity index (χ4v) is 2.41. The monoisotopic (exact) mass is 252 g/mol. The first kappa shape index (κ1) is 13.1. The number of likely N-dealkylation sites (N-methyl/N-ethyl adjacent to an activating group) is 1. The van der Waals surface area contributed by atoms with Crippen LogP contribution in [-0.4, -0.2) is 56.5 Å². The predicted octanol–water partition coefficient (Wildman–Crippen LogP) is 1.25. The standard InChI is InChI=1S/C11H19F3N2O/c1-15-10-6-17-5-8(10)4-16(9-2-3-9)7-11(12,13)14/h8-10,15H,2-7H2,1H3. The predicted molar refractivity (Wildman–Crippen MR) is 57.8 cm³/mol. The van der Waals surface area contributed by atoms with Crippen LogP contribution in [0.2, 0.25) is 0 Å². The molecule has 1 aliphatic heterocycles. The summed E-state index contributed by atoms with van der Waals surface area (Å²) in [4.78, 5) is 1.57. The van der Waals surface area contributed by atoms with E-state index in [-0.39, 0.29) is 18.0 Å².